The Hall–Kier alpha value is -3.30. The van der Waals surface area contributed by atoms with Crippen molar-refractivity contribution in [3.63, 3.8) is 0 Å². The molecule has 1 aromatic carbocycles. The van der Waals surface area contributed by atoms with Crippen molar-refractivity contribution in [2.45, 2.75) is 25.0 Å². The second-order valence-corrected chi connectivity index (χ2v) is 7.11. The van der Waals surface area contributed by atoms with Gasteiger partial charge in [0.2, 0.25) is 0 Å². The van der Waals surface area contributed by atoms with Gasteiger partial charge < -0.3 is 24.7 Å². The smallest absolute Gasteiger partial charge is 0.338 e. The third kappa shape index (κ3) is 4.03. The SMILES string of the molecule is O=C(N[C@H]1CCOC[C@@H]1O)c1cc(Cc2ccc(C(=O)O)c(F)c2)c2occc2n1. The molecule has 2 atom stereocenters. The molecule has 0 aliphatic carbocycles. The summed E-state index contributed by atoms with van der Waals surface area (Å²) in [7, 11) is 0. The number of carbonyl (C=O) groups is 2. The normalized spacial score (nSPS) is 19.0. The summed E-state index contributed by atoms with van der Waals surface area (Å²) in [6, 6.07) is 6.60. The molecule has 0 unspecified atom stereocenters. The molecule has 156 valence electrons. The third-order valence-electron chi connectivity index (χ3n) is 5.02. The number of rotatable bonds is 5. The molecule has 1 saturated heterocycles. The van der Waals surface area contributed by atoms with E-state index in [2.05, 4.69) is 10.3 Å². The molecule has 1 fully saturated rings. The molecule has 0 saturated carbocycles. The van der Waals surface area contributed by atoms with Crippen molar-refractivity contribution in [3.05, 3.63) is 64.8 Å². The molecule has 0 spiro atoms. The number of nitrogens with one attached hydrogen (secondary N) is 1. The number of aromatic carboxylic acids is 1. The number of carboxylic acid groups (broad SMARTS) is 1. The van der Waals surface area contributed by atoms with Gasteiger partial charge in [0.1, 0.15) is 17.0 Å². The molecular weight excluding hydrogens is 395 g/mol. The molecule has 9 heteroatoms. The second kappa shape index (κ2) is 8.21. The molecule has 1 amide bonds. The summed E-state index contributed by atoms with van der Waals surface area (Å²) >= 11 is 0. The number of ether oxygens (including phenoxy) is 1. The van der Waals surface area contributed by atoms with E-state index in [0.717, 1.165) is 6.07 Å². The molecule has 4 rings (SSSR count). The molecule has 0 bridgehead atoms. The van der Waals surface area contributed by atoms with Crippen LogP contribution in [0.3, 0.4) is 0 Å². The van der Waals surface area contributed by atoms with Crippen molar-refractivity contribution in [1.29, 1.82) is 0 Å². The topological polar surface area (TPSA) is 122 Å². The molecule has 3 heterocycles. The Kier molecular flexibility index (Phi) is 5.47. The minimum absolute atomic E-state index is 0.139. The molecule has 1 aliphatic rings. The highest BCUT2D eigenvalue weighted by Gasteiger charge is 2.26. The number of aromatic nitrogens is 1. The van der Waals surface area contributed by atoms with Crippen LogP contribution in [0.1, 0.15) is 38.4 Å². The molecule has 8 nitrogen and oxygen atoms in total. The molecule has 30 heavy (non-hydrogen) atoms. The lowest BCUT2D eigenvalue weighted by Crippen LogP contribution is -2.48. The zero-order chi connectivity index (χ0) is 21.3. The number of aliphatic hydroxyl groups is 1. The number of benzene rings is 1. The van der Waals surface area contributed by atoms with Crippen molar-refractivity contribution in [1.82, 2.24) is 10.3 Å². The fraction of sp³-hybridized carbons (Fsp3) is 0.286. The summed E-state index contributed by atoms with van der Waals surface area (Å²) in [6.07, 6.45) is 1.35. The van der Waals surface area contributed by atoms with Crippen LogP contribution in [0.2, 0.25) is 0 Å². The van der Waals surface area contributed by atoms with E-state index < -0.39 is 35.4 Å². The maximum atomic E-state index is 14.0. The van der Waals surface area contributed by atoms with Crippen LogP contribution in [-0.2, 0) is 11.2 Å². The Morgan fingerprint density at radius 2 is 2.10 bits per heavy atom. The third-order valence-corrected chi connectivity index (χ3v) is 5.02. The number of carboxylic acids is 1. The lowest BCUT2D eigenvalue weighted by atomic mass is 10.0. The fourth-order valence-electron chi connectivity index (χ4n) is 3.47. The maximum absolute atomic E-state index is 14.0. The average molecular weight is 414 g/mol. The standard InChI is InChI=1S/C21H19FN2O6/c22-14-8-11(1-2-13(14)21(27)28)7-12-9-17(23-16-4-6-30-19(12)16)20(26)24-15-3-5-29-10-18(15)25/h1-2,4,6,8-9,15,18,25H,3,5,7,10H2,(H,24,26)(H,27,28)/t15-,18-/m0/s1. The largest absolute Gasteiger partial charge is 0.478 e. The van der Waals surface area contributed by atoms with Gasteiger partial charge in [0.15, 0.2) is 5.58 Å². The summed E-state index contributed by atoms with van der Waals surface area (Å²) in [5.41, 5.74) is 1.78. The quantitative estimate of drug-likeness (QED) is 0.585. The summed E-state index contributed by atoms with van der Waals surface area (Å²) in [4.78, 5) is 28.0. The van der Waals surface area contributed by atoms with Gasteiger partial charge in [-0.05, 0) is 30.2 Å². The van der Waals surface area contributed by atoms with Gasteiger partial charge in [-0.3, -0.25) is 4.79 Å². The Morgan fingerprint density at radius 3 is 2.83 bits per heavy atom. The Labute approximate surface area is 170 Å². The first-order valence-corrected chi connectivity index (χ1v) is 9.38. The van der Waals surface area contributed by atoms with Crippen LogP contribution in [-0.4, -0.2) is 52.4 Å². The number of amides is 1. The van der Waals surface area contributed by atoms with E-state index in [-0.39, 0.29) is 18.7 Å². The van der Waals surface area contributed by atoms with E-state index in [4.69, 9.17) is 14.3 Å². The number of halogens is 1. The van der Waals surface area contributed by atoms with Gasteiger partial charge >= 0.3 is 5.97 Å². The number of fused-ring (bicyclic) bond motifs is 1. The van der Waals surface area contributed by atoms with Crippen LogP contribution < -0.4 is 5.32 Å². The fourth-order valence-corrected chi connectivity index (χ4v) is 3.47. The summed E-state index contributed by atoms with van der Waals surface area (Å²) < 4.78 is 24.7. The molecule has 1 aliphatic heterocycles. The van der Waals surface area contributed by atoms with E-state index in [0.29, 0.717) is 35.3 Å². The second-order valence-electron chi connectivity index (χ2n) is 7.11. The van der Waals surface area contributed by atoms with Crippen molar-refractivity contribution in [2.75, 3.05) is 13.2 Å². The molecule has 3 N–H and O–H groups in total. The molecule has 3 aromatic rings. The lowest BCUT2D eigenvalue weighted by molar-refractivity contribution is -0.0261. The summed E-state index contributed by atoms with van der Waals surface area (Å²) in [6.45, 7) is 0.599. The zero-order valence-corrected chi connectivity index (χ0v) is 15.8. The number of nitrogens with zero attached hydrogens (tertiary/aromatic N) is 1. The van der Waals surface area contributed by atoms with Crippen molar-refractivity contribution in [3.8, 4) is 0 Å². The molecule has 2 aromatic heterocycles. The van der Waals surface area contributed by atoms with Crippen molar-refractivity contribution in [2.24, 2.45) is 0 Å². The van der Waals surface area contributed by atoms with Crippen LogP contribution in [0, 0.1) is 5.82 Å². The van der Waals surface area contributed by atoms with Crippen LogP contribution in [0.15, 0.2) is 41.0 Å². The first-order valence-electron chi connectivity index (χ1n) is 9.38. The van der Waals surface area contributed by atoms with Crippen LogP contribution >= 0.6 is 0 Å². The Balaban J connectivity index is 1.62. The first kappa shape index (κ1) is 20.0. The van der Waals surface area contributed by atoms with E-state index in [9.17, 15) is 19.1 Å². The van der Waals surface area contributed by atoms with Crippen molar-refractivity contribution < 1.29 is 33.3 Å². The predicted octanol–water partition coefficient (Wildman–Crippen LogP) is 2.14. The van der Waals surface area contributed by atoms with Gasteiger partial charge in [-0.15, -0.1) is 0 Å². The van der Waals surface area contributed by atoms with Gasteiger partial charge in [-0.1, -0.05) is 6.07 Å². The maximum Gasteiger partial charge on any atom is 0.338 e. The van der Waals surface area contributed by atoms with Gasteiger partial charge in [0.05, 0.1) is 30.6 Å². The Bertz CT molecular complexity index is 1110. The zero-order valence-electron chi connectivity index (χ0n) is 15.8. The molecular formula is C21H19FN2O6. The van der Waals surface area contributed by atoms with Gasteiger partial charge in [-0.2, -0.15) is 0 Å². The highest BCUT2D eigenvalue weighted by molar-refractivity contribution is 5.95. The Morgan fingerprint density at radius 1 is 1.27 bits per heavy atom. The number of hydrogen-bond acceptors (Lipinski definition) is 6. The summed E-state index contributed by atoms with van der Waals surface area (Å²) in [5.74, 6) is -2.63. The number of furan rings is 1. The van der Waals surface area contributed by atoms with E-state index in [1.54, 1.807) is 12.1 Å². The van der Waals surface area contributed by atoms with Crippen LogP contribution in [0.25, 0.3) is 11.1 Å². The van der Waals surface area contributed by atoms with Gasteiger partial charge in [0.25, 0.3) is 5.91 Å². The number of aliphatic hydroxyl groups excluding tert-OH is 1. The van der Waals surface area contributed by atoms with Gasteiger partial charge in [0, 0.05) is 24.7 Å². The molecule has 0 radical (unpaired) electrons. The van der Waals surface area contributed by atoms with Crippen molar-refractivity contribution >= 4 is 23.0 Å². The average Bonchev–Trinajstić information content (AvgIpc) is 3.18. The highest BCUT2D eigenvalue weighted by Crippen LogP contribution is 2.24. The summed E-state index contributed by atoms with van der Waals surface area (Å²) in [5, 5.41) is 21.7. The number of pyridine rings is 1. The minimum Gasteiger partial charge on any atom is -0.478 e. The first-order chi connectivity index (χ1) is 14.4. The highest BCUT2D eigenvalue weighted by atomic mass is 19.1. The number of hydrogen-bond donors (Lipinski definition) is 3. The van der Waals surface area contributed by atoms with Crippen LogP contribution in [0.5, 0.6) is 0 Å². The lowest BCUT2D eigenvalue weighted by Gasteiger charge is -2.28. The predicted molar refractivity (Wildman–Crippen MR) is 103 cm³/mol. The van der Waals surface area contributed by atoms with Crippen LogP contribution in [0.4, 0.5) is 4.39 Å². The number of carbonyl (C=O) groups excluding carboxylic acids is 1. The minimum atomic E-state index is -1.34. The van der Waals surface area contributed by atoms with E-state index in [1.807, 2.05) is 0 Å². The van der Waals surface area contributed by atoms with E-state index in [1.165, 1.54) is 18.4 Å². The van der Waals surface area contributed by atoms with E-state index >= 15 is 0 Å². The monoisotopic (exact) mass is 414 g/mol. The van der Waals surface area contributed by atoms with Gasteiger partial charge in [-0.25, -0.2) is 14.2 Å².